The summed E-state index contributed by atoms with van der Waals surface area (Å²) in [6, 6.07) is 6.87. The summed E-state index contributed by atoms with van der Waals surface area (Å²) in [5.41, 5.74) is 6.59. The van der Waals surface area contributed by atoms with Gasteiger partial charge in [0.1, 0.15) is 5.69 Å². The van der Waals surface area contributed by atoms with Crippen LogP contribution in [0.2, 0.25) is 0 Å². The standard InChI is InChI=1S/C24H26N6O2/c1-25-24(32)18-6-5-15(12-26-18)30-8-7-29(20-10-21(20)30)13-14-9-19-22(27-11-14)16-3-2-4-17(16)23(31)28-19/h5-6,9,11-12,20-21H,2-4,7-8,10,13H2,1H3,(H,25,32)(H,28,31)/t20-,21+/m0/s1. The molecule has 0 spiro atoms. The topological polar surface area (TPSA) is 94.2 Å². The molecule has 2 fully saturated rings. The van der Waals surface area contributed by atoms with Gasteiger partial charge in [0.2, 0.25) is 0 Å². The van der Waals surface area contributed by atoms with Gasteiger partial charge in [0.05, 0.1) is 22.9 Å². The molecule has 3 aromatic rings. The zero-order valence-electron chi connectivity index (χ0n) is 18.1. The third-order valence-corrected chi connectivity index (χ3v) is 7.12. The zero-order valence-corrected chi connectivity index (χ0v) is 18.1. The number of pyridine rings is 3. The highest BCUT2D eigenvalue weighted by Crippen LogP contribution is 2.40. The summed E-state index contributed by atoms with van der Waals surface area (Å²) < 4.78 is 0. The minimum Gasteiger partial charge on any atom is -0.364 e. The molecular formula is C24H26N6O2. The van der Waals surface area contributed by atoms with E-state index in [1.165, 1.54) is 0 Å². The van der Waals surface area contributed by atoms with Gasteiger partial charge in [-0.05, 0) is 55.0 Å². The molecule has 6 rings (SSSR count). The van der Waals surface area contributed by atoms with Gasteiger partial charge < -0.3 is 15.2 Å². The van der Waals surface area contributed by atoms with Crippen molar-refractivity contribution in [3.8, 4) is 0 Å². The number of carbonyl (C=O) groups excluding carboxylic acids is 1. The van der Waals surface area contributed by atoms with Crippen LogP contribution in [-0.4, -0.2) is 58.0 Å². The first-order valence-corrected chi connectivity index (χ1v) is 11.3. The fourth-order valence-corrected chi connectivity index (χ4v) is 5.42. The number of H-pyrrole nitrogens is 1. The van der Waals surface area contributed by atoms with Gasteiger partial charge in [0.15, 0.2) is 0 Å². The lowest BCUT2D eigenvalue weighted by Crippen LogP contribution is -2.46. The molecule has 1 aliphatic heterocycles. The summed E-state index contributed by atoms with van der Waals surface area (Å²) in [5.74, 6) is -0.166. The van der Waals surface area contributed by atoms with E-state index in [-0.39, 0.29) is 11.5 Å². The molecule has 164 valence electrons. The molecule has 3 aliphatic rings. The Hall–Kier alpha value is -3.26. The largest absolute Gasteiger partial charge is 0.364 e. The monoisotopic (exact) mass is 430 g/mol. The third kappa shape index (κ3) is 3.17. The molecule has 1 amide bonds. The molecule has 0 unspecified atom stereocenters. The fourth-order valence-electron chi connectivity index (χ4n) is 5.42. The van der Waals surface area contributed by atoms with E-state index in [4.69, 9.17) is 4.98 Å². The second kappa shape index (κ2) is 7.41. The van der Waals surface area contributed by atoms with Crippen LogP contribution >= 0.6 is 0 Å². The van der Waals surface area contributed by atoms with Crippen molar-refractivity contribution >= 4 is 22.6 Å². The maximum absolute atomic E-state index is 12.4. The lowest BCUT2D eigenvalue weighted by Gasteiger charge is -2.35. The van der Waals surface area contributed by atoms with E-state index in [0.717, 1.165) is 78.7 Å². The molecule has 2 N–H and O–H groups in total. The smallest absolute Gasteiger partial charge is 0.269 e. The molecule has 8 nitrogen and oxygen atoms in total. The highest BCUT2D eigenvalue weighted by atomic mass is 16.1. The molecule has 4 heterocycles. The number of amides is 1. The molecule has 32 heavy (non-hydrogen) atoms. The van der Waals surface area contributed by atoms with Gasteiger partial charge in [-0.15, -0.1) is 0 Å². The van der Waals surface area contributed by atoms with Gasteiger partial charge in [-0.1, -0.05) is 0 Å². The van der Waals surface area contributed by atoms with Crippen molar-refractivity contribution in [1.82, 2.24) is 25.2 Å². The van der Waals surface area contributed by atoms with Gasteiger partial charge in [0.25, 0.3) is 11.5 Å². The minimum absolute atomic E-state index is 0.0517. The Labute approximate surface area is 185 Å². The molecule has 8 heteroatoms. The molecule has 0 radical (unpaired) electrons. The summed E-state index contributed by atoms with van der Waals surface area (Å²) in [5, 5.41) is 2.61. The van der Waals surface area contributed by atoms with Gasteiger partial charge >= 0.3 is 0 Å². The summed E-state index contributed by atoms with van der Waals surface area (Å²) in [6.45, 7) is 2.72. The SMILES string of the molecule is CNC(=O)c1ccc(N2CCN(Cc3cnc4c5c(c(=O)[nH]c4c3)CCC5)[C@H]3C[C@H]32)cn1. The number of aryl methyl sites for hydroxylation is 1. The number of rotatable bonds is 4. The van der Waals surface area contributed by atoms with Gasteiger partial charge in [-0.2, -0.15) is 0 Å². The summed E-state index contributed by atoms with van der Waals surface area (Å²) in [4.78, 5) is 41.2. The van der Waals surface area contributed by atoms with Crippen molar-refractivity contribution in [3.63, 3.8) is 0 Å². The van der Waals surface area contributed by atoms with Gasteiger partial charge in [0, 0.05) is 50.5 Å². The number of piperazine rings is 1. The number of fused-ring (bicyclic) bond motifs is 4. The Morgan fingerprint density at radius 2 is 2.03 bits per heavy atom. The number of nitrogens with one attached hydrogen (secondary N) is 2. The van der Waals surface area contributed by atoms with E-state index in [2.05, 4.69) is 31.2 Å². The van der Waals surface area contributed by atoms with Crippen molar-refractivity contribution in [2.75, 3.05) is 25.0 Å². The minimum atomic E-state index is -0.166. The molecule has 1 saturated heterocycles. The first kappa shape index (κ1) is 19.4. The van der Waals surface area contributed by atoms with E-state index < -0.39 is 0 Å². The molecular weight excluding hydrogens is 404 g/mol. The summed E-state index contributed by atoms with van der Waals surface area (Å²) >= 11 is 0. The Morgan fingerprint density at radius 3 is 2.84 bits per heavy atom. The molecule has 1 saturated carbocycles. The van der Waals surface area contributed by atoms with E-state index in [9.17, 15) is 9.59 Å². The summed E-state index contributed by atoms with van der Waals surface area (Å²) in [7, 11) is 1.61. The van der Waals surface area contributed by atoms with E-state index >= 15 is 0 Å². The van der Waals surface area contributed by atoms with Crippen molar-refractivity contribution in [2.24, 2.45) is 0 Å². The van der Waals surface area contributed by atoms with Crippen molar-refractivity contribution in [2.45, 2.75) is 44.3 Å². The van der Waals surface area contributed by atoms with E-state index in [1.54, 1.807) is 19.3 Å². The van der Waals surface area contributed by atoms with Crippen molar-refractivity contribution in [1.29, 1.82) is 0 Å². The second-order valence-electron chi connectivity index (χ2n) is 9.02. The lowest BCUT2D eigenvalue weighted by molar-refractivity contribution is 0.0958. The number of aromatic nitrogens is 3. The molecule has 2 atom stereocenters. The Morgan fingerprint density at radius 1 is 1.16 bits per heavy atom. The fraction of sp³-hybridized carbons (Fsp3) is 0.417. The first-order valence-electron chi connectivity index (χ1n) is 11.3. The van der Waals surface area contributed by atoms with Crippen LogP contribution in [0.5, 0.6) is 0 Å². The van der Waals surface area contributed by atoms with Crippen LogP contribution in [0.4, 0.5) is 5.69 Å². The molecule has 0 bridgehead atoms. The maximum Gasteiger partial charge on any atom is 0.269 e. The number of nitrogens with zero attached hydrogens (tertiary/aromatic N) is 4. The van der Waals surface area contributed by atoms with Crippen LogP contribution in [0, 0.1) is 0 Å². The highest BCUT2D eigenvalue weighted by Gasteiger charge is 2.48. The Kier molecular flexibility index (Phi) is 4.50. The average molecular weight is 431 g/mol. The number of carbonyl (C=O) groups is 1. The van der Waals surface area contributed by atoms with Crippen molar-refractivity contribution < 1.29 is 4.79 Å². The van der Waals surface area contributed by atoms with E-state index in [0.29, 0.717) is 17.8 Å². The normalized spacial score (nSPS) is 22.0. The highest BCUT2D eigenvalue weighted by molar-refractivity contribution is 5.92. The predicted octanol–water partition coefficient (Wildman–Crippen LogP) is 1.63. The number of hydrogen-bond acceptors (Lipinski definition) is 6. The number of aromatic amines is 1. The van der Waals surface area contributed by atoms with Gasteiger partial charge in [-0.3, -0.25) is 19.5 Å². The maximum atomic E-state index is 12.4. The molecule has 2 aliphatic carbocycles. The third-order valence-electron chi connectivity index (χ3n) is 7.12. The van der Waals surface area contributed by atoms with E-state index in [1.807, 2.05) is 12.3 Å². The molecule has 0 aromatic carbocycles. The predicted molar refractivity (Wildman–Crippen MR) is 122 cm³/mol. The Bertz CT molecular complexity index is 1270. The quantitative estimate of drug-likeness (QED) is 0.654. The average Bonchev–Trinajstić information content (AvgIpc) is 3.47. The van der Waals surface area contributed by atoms with Crippen LogP contribution in [0.15, 0.2) is 35.4 Å². The van der Waals surface area contributed by atoms with Crippen LogP contribution in [0.25, 0.3) is 11.0 Å². The van der Waals surface area contributed by atoms with Crippen LogP contribution in [-0.2, 0) is 19.4 Å². The first-order chi connectivity index (χ1) is 15.6. The number of anilines is 1. The second-order valence-corrected chi connectivity index (χ2v) is 9.02. The lowest BCUT2D eigenvalue weighted by atomic mass is 10.1. The molecule has 3 aromatic heterocycles. The van der Waals surface area contributed by atoms with Crippen molar-refractivity contribution in [3.05, 3.63) is 63.3 Å². The van der Waals surface area contributed by atoms with Gasteiger partial charge in [-0.25, -0.2) is 4.98 Å². The van der Waals surface area contributed by atoms with Crippen LogP contribution in [0.1, 0.15) is 40.0 Å². The summed E-state index contributed by atoms with van der Waals surface area (Å²) in [6.07, 6.45) is 7.76. The number of hydrogen-bond donors (Lipinski definition) is 2. The zero-order chi connectivity index (χ0) is 21.8. The van der Waals surface area contributed by atoms with Crippen LogP contribution in [0.3, 0.4) is 0 Å². The van der Waals surface area contributed by atoms with Crippen LogP contribution < -0.4 is 15.8 Å². The Balaban J connectivity index is 1.17.